The van der Waals surface area contributed by atoms with Gasteiger partial charge < -0.3 is 19.7 Å². The summed E-state index contributed by atoms with van der Waals surface area (Å²) >= 11 is 0. The van der Waals surface area contributed by atoms with Crippen LogP contribution in [0.4, 0.5) is 0 Å². The van der Waals surface area contributed by atoms with Crippen LogP contribution in [0.3, 0.4) is 0 Å². The zero-order chi connectivity index (χ0) is 16.6. The number of carboxylic acids is 1. The summed E-state index contributed by atoms with van der Waals surface area (Å²) in [5.41, 5.74) is 1.92. The van der Waals surface area contributed by atoms with E-state index in [2.05, 4.69) is 4.98 Å². The topological polar surface area (TPSA) is 99.7 Å². The second kappa shape index (κ2) is 5.92. The maximum absolute atomic E-state index is 12.7. The second-order valence-electron chi connectivity index (χ2n) is 5.59. The number of aryl methyl sites for hydroxylation is 1. The van der Waals surface area contributed by atoms with Gasteiger partial charge in [-0.3, -0.25) is 9.59 Å². The van der Waals surface area contributed by atoms with Crippen molar-refractivity contribution in [3.8, 4) is 0 Å². The molecule has 0 aliphatic carbocycles. The summed E-state index contributed by atoms with van der Waals surface area (Å²) in [6.07, 6.45) is -0.0377. The fourth-order valence-corrected chi connectivity index (χ4v) is 3.06. The first kappa shape index (κ1) is 16.2. The molecule has 120 valence electrons. The Bertz CT molecular complexity index is 634. The summed E-state index contributed by atoms with van der Waals surface area (Å²) in [6, 6.07) is -0.916. The number of Topliss-reactive ketones (excluding diaryl/α,β-unsaturated/α-hetero) is 1. The Morgan fingerprint density at radius 3 is 2.41 bits per heavy atom. The standard InChI is InChI=1S/C15H20N2O5/c1-7-12(9(3)18)8(2)16-13(7)14(19)17-6-10(22-4)5-11(17)15(20)21/h10-11,16H,5-6H2,1-4H3,(H,20,21). The molecule has 1 aliphatic heterocycles. The van der Waals surface area contributed by atoms with E-state index in [1.54, 1.807) is 13.8 Å². The van der Waals surface area contributed by atoms with Gasteiger partial charge in [-0.1, -0.05) is 0 Å². The number of likely N-dealkylation sites (tertiary alicyclic amines) is 1. The first-order valence-electron chi connectivity index (χ1n) is 7.04. The van der Waals surface area contributed by atoms with Gasteiger partial charge in [0.05, 0.1) is 6.10 Å². The molecule has 1 aromatic heterocycles. The maximum atomic E-state index is 12.7. The molecule has 1 aliphatic rings. The molecule has 2 N–H and O–H groups in total. The molecule has 1 amide bonds. The summed E-state index contributed by atoms with van der Waals surface area (Å²) < 4.78 is 5.18. The fraction of sp³-hybridized carbons (Fsp3) is 0.533. The number of aromatic amines is 1. The molecule has 0 bridgehead atoms. The number of carboxylic acid groups (broad SMARTS) is 1. The molecule has 2 rings (SSSR count). The van der Waals surface area contributed by atoms with Crippen molar-refractivity contribution in [3.63, 3.8) is 0 Å². The van der Waals surface area contributed by atoms with E-state index in [4.69, 9.17) is 4.74 Å². The minimum atomic E-state index is -1.05. The number of hydrogen-bond donors (Lipinski definition) is 2. The van der Waals surface area contributed by atoms with Crippen LogP contribution in [0.1, 0.15) is 45.4 Å². The predicted molar refractivity (Wildman–Crippen MR) is 78.1 cm³/mol. The van der Waals surface area contributed by atoms with Crippen molar-refractivity contribution in [1.29, 1.82) is 0 Å². The normalized spacial score (nSPS) is 21.2. The van der Waals surface area contributed by atoms with E-state index in [-0.39, 0.29) is 30.5 Å². The van der Waals surface area contributed by atoms with Gasteiger partial charge in [-0.2, -0.15) is 0 Å². The Morgan fingerprint density at radius 1 is 1.32 bits per heavy atom. The third kappa shape index (κ3) is 2.64. The van der Waals surface area contributed by atoms with E-state index in [1.807, 2.05) is 0 Å². The predicted octanol–water partition coefficient (Wildman–Crippen LogP) is 1.15. The van der Waals surface area contributed by atoms with E-state index >= 15 is 0 Å². The van der Waals surface area contributed by atoms with Crippen LogP contribution in [-0.2, 0) is 9.53 Å². The number of ketones is 1. The molecule has 0 aromatic carbocycles. The molecule has 1 aromatic rings. The lowest BCUT2D eigenvalue weighted by atomic mass is 10.1. The Labute approximate surface area is 128 Å². The molecule has 0 spiro atoms. The molecule has 7 heteroatoms. The van der Waals surface area contributed by atoms with Crippen molar-refractivity contribution in [2.24, 2.45) is 0 Å². The Balaban J connectivity index is 2.37. The number of rotatable bonds is 4. The average Bonchev–Trinajstić information content (AvgIpc) is 2.99. The highest BCUT2D eigenvalue weighted by atomic mass is 16.5. The zero-order valence-electron chi connectivity index (χ0n) is 13.1. The number of aliphatic carboxylic acids is 1. The first-order chi connectivity index (χ1) is 10.3. The van der Waals surface area contributed by atoms with E-state index in [9.17, 15) is 19.5 Å². The number of nitrogens with one attached hydrogen (secondary N) is 1. The molecule has 7 nitrogen and oxygen atoms in total. The van der Waals surface area contributed by atoms with Crippen molar-refractivity contribution >= 4 is 17.7 Å². The van der Waals surface area contributed by atoms with Gasteiger partial charge in [0.15, 0.2) is 5.78 Å². The van der Waals surface area contributed by atoms with Crippen LogP contribution >= 0.6 is 0 Å². The molecule has 0 radical (unpaired) electrons. The number of ether oxygens (including phenoxy) is 1. The summed E-state index contributed by atoms with van der Waals surface area (Å²) in [7, 11) is 1.50. The fourth-order valence-electron chi connectivity index (χ4n) is 3.06. The SMILES string of the molecule is COC1CC(C(=O)O)N(C(=O)c2[nH]c(C)c(C(C)=O)c2C)C1. The van der Waals surface area contributed by atoms with Gasteiger partial charge in [-0.25, -0.2) is 4.79 Å². The largest absolute Gasteiger partial charge is 0.480 e. The number of methoxy groups -OCH3 is 1. The second-order valence-corrected chi connectivity index (χ2v) is 5.59. The summed E-state index contributed by atoms with van der Waals surface area (Å²) in [4.78, 5) is 39.9. The van der Waals surface area contributed by atoms with Crippen LogP contribution in [0, 0.1) is 13.8 Å². The number of H-pyrrole nitrogens is 1. The van der Waals surface area contributed by atoms with Crippen molar-refractivity contribution in [2.45, 2.75) is 39.3 Å². The van der Waals surface area contributed by atoms with Crippen LogP contribution in [-0.4, -0.2) is 58.5 Å². The Hall–Kier alpha value is -2.15. The number of carbonyl (C=O) groups excluding carboxylic acids is 2. The van der Waals surface area contributed by atoms with Gasteiger partial charge in [0.1, 0.15) is 11.7 Å². The number of carbonyl (C=O) groups is 3. The van der Waals surface area contributed by atoms with Gasteiger partial charge in [-0.15, -0.1) is 0 Å². The number of aromatic nitrogens is 1. The summed E-state index contributed by atoms with van der Waals surface area (Å²) in [6.45, 7) is 5.07. The van der Waals surface area contributed by atoms with Gasteiger partial charge in [0, 0.05) is 31.3 Å². The van der Waals surface area contributed by atoms with Crippen LogP contribution in [0.25, 0.3) is 0 Å². The maximum Gasteiger partial charge on any atom is 0.326 e. The van der Waals surface area contributed by atoms with Crippen molar-refractivity contribution < 1.29 is 24.2 Å². The third-order valence-electron chi connectivity index (χ3n) is 4.15. The van der Waals surface area contributed by atoms with Crippen molar-refractivity contribution in [1.82, 2.24) is 9.88 Å². The van der Waals surface area contributed by atoms with Crippen LogP contribution in [0.5, 0.6) is 0 Å². The third-order valence-corrected chi connectivity index (χ3v) is 4.15. The minimum Gasteiger partial charge on any atom is -0.480 e. The van der Waals surface area contributed by atoms with E-state index in [0.717, 1.165) is 0 Å². The number of nitrogens with zero attached hydrogens (tertiary/aromatic N) is 1. The molecule has 0 saturated carbocycles. The lowest BCUT2D eigenvalue weighted by Crippen LogP contribution is -2.41. The van der Waals surface area contributed by atoms with Gasteiger partial charge in [0.25, 0.3) is 5.91 Å². The average molecular weight is 308 g/mol. The lowest BCUT2D eigenvalue weighted by molar-refractivity contribution is -0.141. The van der Waals surface area contributed by atoms with E-state index in [0.29, 0.717) is 16.8 Å². The molecular weight excluding hydrogens is 288 g/mol. The Morgan fingerprint density at radius 2 is 1.95 bits per heavy atom. The van der Waals surface area contributed by atoms with Crippen molar-refractivity contribution in [3.05, 3.63) is 22.5 Å². The number of amides is 1. The highest BCUT2D eigenvalue weighted by Gasteiger charge is 2.41. The minimum absolute atomic E-state index is 0.128. The Kier molecular flexibility index (Phi) is 4.37. The zero-order valence-corrected chi connectivity index (χ0v) is 13.1. The molecule has 2 atom stereocenters. The highest BCUT2D eigenvalue weighted by molar-refractivity contribution is 6.03. The van der Waals surface area contributed by atoms with Crippen LogP contribution in [0.2, 0.25) is 0 Å². The quantitative estimate of drug-likeness (QED) is 0.813. The molecule has 2 unspecified atom stereocenters. The van der Waals surface area contributed by atoms with Gasteiger partial charge in [0.2, 0.25) is 0 Å². The van der Waals surface area contributed by atoms with Crippen molar-refractivity contribution in [2.75, 3.05) is 13.7 Å². The molecular formula is C15H20N2O5. The van der Waals surface area contributed by atoms with E-state index in [1.165, 1.54) is 18.9 Å². The lowest BCUT2D eigenvalue weighted by Gasteiger charge is -2.21. The van der Waals surface area contributed by atoms with Crippen LogP contribution < -0.4 is 0 Å². The highest BCUT2D eigenvalue weighted by Crippen LogP contribution is 2.25. The smallest absolute Gasteiger partial charge is 0.326 e. The van der Waals surface area contributed by atoms with Gasteiger partial charge in [-0.05, 0) is 26.3 Å². The molecule has 1 fully saturated rings. The summed E-state index contributed by atoms with van der Waals surface area (Å²) in [5, 5.41) is 9.30. The van der Waals surface area contributed by atoms with Gasteiger partial charge >= 0.3 is 5.97 Å². The van der Waals surface area contributed by atoms with E-state index < -0.39 is 17.9 Å². The molecule has 2 heterocycles. The first-order valence-corrected chi connectivity index (χ1v) is 7.04. The molecule has 1 saturated heterocycles. The number of hydrogen-bond acceptors (Lipinski definition) is 4. The summed E-state index contributed by atoms with van der Waals surface area (Å²) in [5.74, 6) is -1.60. The monoisotopic (exact) mass is 308 g/mol. The van der Waals surface area contributed by atoms with Crippen LogP contribution in [0.15, 0.2) is 0 Å². The molecule has 22 heavy (non-hydrogen) atoms.